The summed E-state index contributed by atoms with van der Waals surface area (Å²) in [6.45, 7) is 1.10. The van der Waals surface area contributed by atoms with Crippen LogP contribution in [0.1, 0.15) is 21.7 Å². The monoisotopic (exact) mass is 508 g/mol. The summed E-state index contributed by atoms with van der Waals surface area (Å²) < 4.78 is 18.0. The lowest BCUT2D eigenvalue weighted by Gasteiger charge is -2.12. The van der Waals surface area contributed by atoms with E-state index in [0.29, 0.717) is 24.7 Å². The van der Waals surface area contributed by atoms with Gasteiger partial charge < -0.3 is 20.4 Å². The van der Waals surface area contributed by atoms with Gasteiger partial charge in [0.2, 0.25) is 0 Å². The van der Waals surface area contributed by atoms with E-state index in [1.165, 1.54) is 18.4 Å². The van der Waals surface area contributed by atoms with E-state index in [0.717, 1.165) is 11.1 Å². The van der Waals surface area contributed by atoms with E-state index in [2.05, 4.69) is 20.9 Å². The molecule has 1 heterocycles. The summed E-state index contributed by atoms with van der Waals surface area (Å²) in [4.78, 5) is 16.1. The molecule has 3 rings (SSSR count). The number of amides is 1. The molecule has 0 fully saturated rings. The topological polar surface area (TPSA) is 78.7 Å². The van der Waals surface area contributed by atoms with Crippen molar-refractivity contribution in [3.63, 3.8) is 0 Å². The van der Waals surface area contributed by atoms with Gasteiger partial charge in [-0.25, -0.2) is 4.39 Å². The Morgan fingerprint density at radius 2 is 1.55 bits per heavy atom. The molecular formula is C21H22FIN4O2. The zero-order chi connectivity index (χ0) is 19.8. The third-order valence-electron chi connectivity index (χ3n) is 4.01. The summed E-state index contributed by atoms with van der Waals surface area (Å²) in [5, 5.41) is 9.16. The number of nitrogens with zero attached hydrogens (tertiary/aromatic N) is 1. The number of nitrogens with one attached hydrogen (secondary N) is 3. The summed E-state index contributed by atoms with van der Waals surface area (Å²) in [6, 6.07) is 17.1. The van der Waals surface area contributed by atoms with E-state index in [1.807, 2.05) is 24.3 Å². The second-order valence-electron chi connectivity index (χ2n) is 6.03. The number of benzene rings is 2. The zero-order valence-corrected chi connectivity index (χ0v) is 18.1. The molecule has 0 aliphatic rings. The number of aliphatic imine (C=N–C) groups is 1. The molecule has 2 aromatic carbocycles. The molecular weight excluding hydrogens is 486 g/mol. The minimum absolute atomic E-state index is 0. The average Bonchev–Trinajstić information content (AvgIpc) is 3.26. The highest BCUT2D eigenvalue weighted by molar-refractivity contribution is 14.0. The van der Waals surface area contributed by atoms with Crippen LogP contribution in [0.3, 0.4) is 0 Å². The molecule has 0 aliphatic carbocycles. The summed E-state index contributed by atoms with van der Waals surface area (Å²) in [7, 11) is 1.69. The van der Waals surface area contributed by atoms with Crippen molar-refractivity contribution in [2.24, 2.45) is 4.99 Å². The molecule has 3 N–H and O–H groups in total. The third kappa shape index (κ3) is 6.90. The molecule has 1 aromatic heterocycles. The second-order valence-corrected chi connectivity index (χ2v) is 6.03. The number of furan rings is 1. The second kappa shape index (κ2) is 11.2. The molecule has 3 aromatic rings. The van der Waals surface area contributed by atoms with E-state index >= 15 is 0 Å². The van der Waals surface area contributed by atoms with Crippen LogP contribution in [0, 0.1) is 5.82 Å². The van der Waals surface area contributed by atoms with Crippen molar-refractivity contribution in [2.75, 3.05) is 12.4 Å². The molecule has 8 heteroatoms. The predicted octanol–water partition coefficient (Wildman–Crippen LogP) is 4.15. The lowest BCUT2D eigenvalue weighted by atomic mass is 10.2. The van der Waals surface area contributed by atoms with E-state index in [1.54, 1.807) is 31.3 Å². The molecule has 0 unspecified atom stereocenters. The van der Waals surface area contributed by atoms with Gasteiger partial charge in [-0.05, 0) is 47.5 Å². The summed E-state index contributed by atoms with van der Waals surface area (Å²) in [5.74, 6) is 0.359. The molecule has 0 aliphatic heterocycles. The van der Waals surface area contributed by atoms with Crippen LogP contribution < -0.4 is 16.0 Å². The zero-order valence-electron chi connectivity index (χ0n) is 15.8. The quantitative estimate of drug-likeness (QED) is 0.266. The number of guanidine groups is 1. The Labute approximate surface area is 185 Å². The molecule has 0 bridgehead atoms. The normalized spacial score (nSPS) is 10.8. The summed E-state index contributed by atoms with van der Waals surface area (Å²) in [6.07, 6.45) is 1.46. The molecule has 0 radical (unpaired) electrons. The molecule has 0 saturated carbocycles. The first-order chi connectivity index (χ1) is 13.6. The van der Waals surface area contributed by atoms with Crippen LogP contribution in [0.2, 0.25) is 0 Å². The van der Waals surface area contributed by atoms with Crippen LogP contribution in [-0.4, -0.2) is 18.9 Å². The lowest BCUT2D eigenvalue weighted by Crippen LogP contribution is -2.36. The van der Waals surface area contributed by atoms with Crippen LogP contribution in [-0.2, 0) is 13.1 Å². The van der Waals surface area contributed by atoms with E-state index in [-0.39, 0.29) is 41.5 Å². The van der Waals surface area contributed by atoms with Gasteiger partial charge in [-0.2, -0.15) is 0 Å². The van der Waals surface area contributed by atoms with Crippen LogP contribution in [0.25, 0.3) is 0 Å². The summed E-state index contributed by atoms with van der Waals surface area (Å²) in [5.41, 5.74) is 2.67. The molecule has 29 heavy (non-hydrogen) atoms. The van der Waals surface area contributed by atoms with Crippen LogP contribution in [0.4, 0.5) is 10.1 Å². The van der Waals surface area contributed by atoms with Crippen molar-refractivity contribution < 1.29 is 13.6 Å². The minimum atomic E-state index is -0.290. The van der Waals surface area contributed by atoms with Crippen LogP contribution >= 0.6 is 24.0 Å². The number of rotatable bonds is 6. The van der Waals surface area contributed by atoms with E-state index in [9.17, 15) is 9.18 Å². The Morgan fingerprint density at radius 3 is 2.07 bits per heavy atom. The number of carbonyl (C=O) groups excluding carboxylic acids is 1. The van der Waals surface area contributed by atoms with Crippen LogP contribution in [0.15, 0.2) is 76.3 Å². The highest BCUT2D eigenvalue weighted by Gasteiger charge is 2.08. The van der Waals surface area contributed by atoms with Gasteiger partial charge >= 0.3 is 0 Å². The largest absolute Gasteiger partial charge is 0.459 e. The maximum Gasteiger partial charge on any atom is 0.291 e. The van der Waals surface area contributed by atoms with Crippen molar-refractivity contribution in [3.05, 3.63) is 89.6 Å². The standard InChI is InChI=1S/C21H21FN4O2.HI/c1-23-21(24-13-15-4-8-17(22)9-5-15)25-14-16-6-10-18(11-7-16)26-20(27)19-3-2-12-28-19;/h2-12H,13-14H2,1H3,(H,26,27)(H2,23,24,25);1H. The first-order valence-corrected chi connectivity index (χ1v) is 8.77. The number of carbonyl (C=O) groups is 1. The van der Waals surface area contributed by atoms with Gasteiger partial charge in [0.25, 0.3) is 5.91 Å². The molecule has 0 spiro atoms. The fourth-order valence-corrected chi connectivity index (χ4v) is 2.50. The van der Waals surface area contributed by atoms with Gasteiger partial charge in [-0.15, -0.1) is 24.0 Å². The Balaban J connectivity index is 0.00000300. The maximum absolute atomic E-state index is 12.9. The van der Waals surface area contributed by atoms with Gasteiger partial charge in [0, 0.05) is 25.8 Å². The average molecular weight is 508 g/mol. The predicted molar refractivity (Wildman–Crippen MR) is 122 cm³/mol. The number of anilines is 1. The Kier molecular flexibility index (Phi) is 8.66. The molecule has 0 atom stereocenters. The number of hydrogen-bond donors (Lipinski definition) is 3. The first kappa shape index (κ1) is 22.4. The number of halogens is 2. The van der Waals surface area contributed by atoms with Crippen molar-refractivity contribution >= 4 is 41.5 Å². The van der Waals surface area contributed by atoms with Crippen molar-refractivity contribution in [2.45, 2.75) is 13.1 Å². The van der Waals surface area contributed by atoms with Gasteiger partial charge in [0.05, 0.1) is 6.26 Å². The highest BCUT2D eigenvalue weighted by Crippen LogP contribution is 2.12. The fourth-order valence-electron chi connectivity index (χ4n) is 2.50. The fraction of sp³-hybridized carbons (Fsp3) is 0.143. The number of hydrogen-bond acceptors (Lipinski definition) is 3. The SMILES string of the molecule is CN=C(NCc1ccc(F)cc1)NCc1ccc(NC(=O)c2ccco2)cc1.I. The van der Waals surface area contributed by atoms with Gasteiger partial charge in [0.1, 0.15) is 5.82 Å². The summed E-state index contributed by atoms with van der Waals surface area (Å²) >= 11 is 0. The Bertz CT molecular complexity index is 926. The van der Waals surface area contributed by atoms with Gasteiger partial charge in [0.15, 0.2) is 11.7 Å². The van der Waals surface area contributed by atoms with Crippen LogP contribution in [0.5, 0.6) is 0 Å². The third-order valence-corrected chi connectivity index (χ3v) is 4.01. The van der Waals surface area contributed by atoms with Gasteiger partial charge in [-0.3, -0.25) is 9.79 Å². The minimum Gasteiger partial charge on any atom is -0.459 e. The molecule has 152 valence electrons. The van der Waals surface area contributed by atoms with E-state index in [4.69, 9.17) is 4.42 Å². The Morgan fingerprint density at radius 1 is 0.966 bits per heavy atom. The highest BCUT2D eigenvalue weighted by atomic mass is 127. The maximum atomic E-state index is 12.9. The van der Waals surface area contributed by atoms with Crippen molar-refractivity contribution in [1.29, 1.82) is 0 Å². The van der Waals surface area contributed by atoms with Crippen molar-refractivity contribution in [1.82, 2.24) is 10.6 Å². The van der Waals surface area contributed by atoms with Crippen molar-refractivity contribution in [3.8, 4) is 0 Å². The Hall–Kier alpha value is -2.88. The molecule has 6 nitrogen and oxygen atoms in total. The first-order valence-electron chi connectivity index (χ1n) is 8.77. The molecule has 0 saturated heterocycles. The van der Waals surface area contributed by atoms with E-state index < -0.39 is 0 Å². The smallest absolute Gasteiger partial charge is 0.291 e. The van der Waals surface area contributed by atoms with Gasteiger partial charge in [-0.1, -0.05) is 24.3 Å². The lowest BCUT2D eigenvalue weighted by molar-refractivity contribution is 0.0996. The molecule has 1 amide bonds.